The molecule has 1 aliphatic rings. The minimum Gasteiger partial charge on any atom is -0.479 e. The van der Waals surface area contributed by atoms with Gasteiger partial charge >= 0.3 is 5.97 Å². The summed E-state index contributed by atoms with van der Waals surface area (Å²) in [6.45, 7) is 12.3. The van der Waals surface area contributed by atoms with Crippen molar-refractivity contribution in [1.29, 1.82) is 0 Å². The number of aryl methyl sites for hydroxylation is 2. The normalized spacial score (nSPS) is 17.3. The Hall–Kier alpha value is -1.89. The molecule has 6 heteroatoms. The quantitative estimate of drug-likeness (QED) is 0.184. The number of carbonyl (C=O) groups excluding carboxylic acids is 1. The van der Waals surface area contributed by atoms with Crippen LogP contribution in [0.15, 0.2) is 24.3 Å². The molecule has 6 nitrogen and oxygen atoms in total. The molecule has 0 radical (unpaired) electrons. The van der Waals surface area contributed by atoms with E-state index in [1.54, 1.807) is 21.0 Å². The summed E-state index contributed by atoms with van der Waals surface area (Å²) in [5.41, 5.74) is 11.2. The van der Waals surface area contributed by atoms with E-state index in [4.69, 9.17) is 25.0 Å². The SMILES string of the molecule is C=C(CCC(OOC)C(N)C1CCCCC1)Cc1c(C)cc(OC(C)C(=O)OCC)cc1C. The molecule has 1 saturated carbocycles. The van der Waals surface area contributed by atoms with Crippen molar-refractivity contribution in [3.05, 3.63) is 41.0 Å². The average Bonchev–Trinajstić information content (AvgIpc) is 2.79. The molecule has 0 heterocycles. The second kappa shape index (κ2) is 13.7. The van der Waals surface area contributed by atoms with E-state index in [0.29, 0.717) is 18.3 Å². The highest BCUT2D eigenvalue weighted by Crippen LogP contribution is 2.30. The van der Waals surface area contributed by atoms with Gasteiger partial charge in [-0.25, -0.2) is 14.6 Å². The Morgan fingerprint density at radius 1 is 1.18 bits per heavy atom. The van der Waals surface area contributed by atoms with Crippen LogP contribution < -0.4 is 10.5 Å². The standard InChI is InChI=1S/C27H43NO5/c1-7-31-27(29)21(5)32-23-16-19(3)24(20(4)17-23)15-18(2)13-14-25(33-30-6)26(28)22-11-9-8-10-12-22/h16-17,21-22,25-26H,2,7-15,28H2,1,3-6H3. The first-order valence-electron chi connectivity index (χ1n) is 12.3. The van der Waals surface area contributed by atoms with Crippen LogP contribution in [-0.4, -0.2) is 37.9 Å². The van der Waals surface area contributed by atoms with Gasteiger partial charge in [0.2, 0.25) is 0 Å². The van der Waals surface area contributed by atoms with Gasteiger partial charge in [-0.05, 0) is 94.5 Å². The van der Waals surface area contributed by atoms with Crippen LogP contribution in [0.4, 0.5) is 0 Å². The van der Waals surface area contributed by atoms with Gasteiger partial charge in [0, 0.05) is 6.04 Å². The maximum Gasteiger partial charge on any atom is 0.347 e. The van der Waals surface area contributed by atoms with Crippen LogP contribution in [0.2, 0.25) is 0 Å². The highest BCUT2D eigenvalue weighted by atomic mass is 17.2. The van der Waals surface area contributed by atoms with E-state index in [0.717, 1.165) is 36.0 Å². The van der Waals surface area contributed by atoms with Gasteiger partial charge in [0.25, 0.3) is 0 Å². The Morgan fingerprint density at radius 3 is 2.39 bits per heavy atom. The molecular formula is C27H43NO5. The number of allylic oxidation sites excluding steroid dienone is 1. The summed E-state index contributed by atoms with van der Waals surface area (Å²) in [7, 11) is 1.55. The van der Waals surface area contributed by atoms with Crippen molar-refractivity contribution in [2.24, 2.45) is 11.7 Å². The van der Waals surface area contributed by atoms with E-state index in [1.165, 1.54) is 37.7 Å². The van der Waals surface area contributed by atoms with Crippen molar-refractivity contribution in [1.82, 2.24) is 0 Å². The second-order valence-corrected chi connectivity index (χ2v) is 9.29. The maximum atomic E-state index is 11.9. The van der Waals surface area contributed by atoms with Crippen LogP contribution in [0.5, 0.6) is 5.75 Å². The number of hydrogen-bond acceptors (Lipinski definition) is 6. The number of rotatable bonds is 13. The van der Waals surface area contributed by atoms with Crippen LogP contribution in [0.1, 0.15) is 75.5 Å². The molecule has 0 aliphatic heterocycles. The van der Waals surface area contributed by atoms with Gasteiger partial charge in [-0.3, -0.25) is 0 Å². The van der Waals surface area contributed by atoms with Crippen molar-refractivity contribution in [3.8, 4) is 5.75 Å². The summed E-state index contributed by atoms with van der Waals surface area (Å²) < 4.78 is 10.8. The third kappa shape index (κ3) is 8.43. The number of hydrogen-bond donors (Lipinski definition) is 1. The second-order valence-electron chi connectivity index (χ2n) is 9.29. The highest BCUT2D eigenvalue weighted by molar-refractivity contribution is 5.74. The number of benzene rings is 1. The third-order valence-electron chi connectivity index (χ3n) is 6.65. The van der Waals surface area contributed by atoms with E-state index >= 15 is 0 Å². The van der Waals surface area contributed by atoms with Crippen molar-refractivity contribution in [3.63, 3.8) is 0 Å². The fourth-order valence-electron chi connectivity index (χ4n) is 4.75. The van der Waals surface area contributed by atoms with Gasteiger partial charge in [0.1, 0.15) is 11.9 Å². The van der Waals surface area contributed by atoms with Crippen LogP contribution in [0.3, 0.4) is 0 Å². The molecule has 1 fully saturated rings. The summed E-state index contributed by atoms with van der Waals surface area (Å²) in [4.78, 5) is 22.5. The monoisotopic (exact) mass is 461 g/mol. The molecule has 3 unspecified atom stereocenters. The molecule has 0 bridgehead atoms. The Morgan fingerprint density at radius 2 is 1.82 bits per heavy atom. The number of carbonyl (C=O) groups is 1. The zero-order chi connectivity index (χ0) is 24.4. The number of esters is 1. The summed E-state index contributed by atoms with van der Waals surface area (Å²) in [6, 6.07) is 3.93. The zero-order valence-corrected chi connectivity index (χ0v) is 21.2. The predicted molar refractivity (Wildman–Crippen MR) is 131 cm³/mol. The Labute approximate surface area is 199 Å². The molecule has 33 heavy (non-hydrogen) atoms. The van der Waals surface area contributed by atoms with Gasteiger partial charge in [-0.2, -0.15) is 0 Å². The van der Waals surface area contributed by atoms with Crippen molar-refractivity contribution in [2.75, 3.05) is 13.7 Å². The minimum absolute atomic E-state index is 0.0145. The topological polar surface area (TPSA) is 80.0 Å². The first kappa shape index (κ1) is 27.4. The molecule has 0 aromatic heterocycles. The molecule has 186 valence electrons. The summed E-state index contributed by atoms with van der Waals surface area (Å²) in [6.07, 6.45) is 7.78. The minimum atomic E-state index is -0.643. The van der Waals surface area contributed by atoms with E-state index in [9.17, 15) is 4.79 Å². The Balaban J connectivity index is 1.95. The molecule has 1 aliphatic carbocycles. The van der Waals surface area contributed by atoms with Crippen molar-refractivity contribution in [2.45, 2.75) is 97.3 Å². The first-order chi connectivity index (χ1) is 15.8. The molecule has 1 aromatic rings. The largest absolute Gasteiger partial charge is 0.479 e. The first-order valence-corrected chi connectivity index (χ1v) is 12.3. The summed E-state index contributed by atoms with van der Waals surface area (Å²) >= 11 is 0. The molecule has 1 aromatic carbocycles. The van der Waals surface area contributed by atoms with E-state index in [1.807, 2.05) is 12.1 Å². The zero-order valence-electron chi connectivity index (χ0n) is 21.2. The van der Waals surface area contributed by atoms with Crippen LogP contribution in [-0.2, 0) is 25.7 Å². The third-order valence-corrected chi connectivity index (χ3v) is 6.65. The lowest BCUT2D eigenvalue weighted by Gasteiger charge is -2.32. The van der Waals surface area contributed by atoms with Gasteiger partial charge in [0.15, 0.2) is 6.10 Å². The molecular weight excluding hydrogens is 418 g/mol. The molecule has 2 rings (SSSR count). The van der Waals surface area contributed by atoms with Crippen molar-refractivity contribution >= 4 is 5.97 Å². The van der Waals surface area contributed by atoms with Gasteiger partial charge in [-0.1, -0.05) is 31.4 Å². The van der Waals surface area contributed by atoms with Crippen molar-refractivity contribution < 1.29 is 24.0 Å². The molecule has 0 spiro atoms. The Bertz CT molecular complexity index is 749. The van der Waals surface area contributed by atoms with Crippen LogP contribution in [0.25, 0.3) is 0 Å². The summed E-state index contributed by atoms with van der Waals surface area (Å²) in [5.74, 6) is 0.817. The Kier molecular flexibility index (Phi) is 11.4. The fraction of sp³-hybridized carbons (Fsp3) is 0.667. The lowest BCUT2D eigenvalue weighted by atomic mass is 9.81. The van der Waals surface area contributed by atoms with E-state index in [2.05, 4.69) is 20.4 Å². The molecule has 0 amide bonds. The molecule has 3 atom stereocenters. The maximum absolute atomic E-state index is 11.9. The van der Waals surface area contributed by atoms with E-state index in [-0.39, 0.29) is 18.1 Å². The summed E-state index contributed by atoms with van der Waals surface area (Å²) in [5, 5.41) is 0. The molecule has 0 saturated heterocycles. The fourth-order valence-corrected chi connectivity index (χ4v) is 4.75. The van der Waals surface area contributed by atoms with Crippen LogP contribution >= 0.6 is 0 Å². The predicted octanol–water partition coefficient (Wildman–Crippen LogP) is 5.37. The highest BCUT2D eigenvalue weighted by Gasteiger charge is 2.29. The average molecular weight is 462 g/mol. The van der Waals surface area contributed by atoms with Gasteiger partial charge < -0.3 is 15.2 Å². The number of ether oxygens (including phenoxy) is 2. The number of nitrogens with two attached hydrogens (primary N) is 1. The lowest BCUT2D eigenvalue weighted by Crippen LogP contribution is -2.43. The lowest BCUT2D eigenvalue weighted by molar-refractivity contribution is -0.311. The van der Waals surface area contributed by atoms with Gasteiger partial charge in [0.05, 0.1) is 13.7 Å². The van der Waals surface area contributed by atoms with E-state index < -0.39 is 6.10 Å². The molecule has 2 N–H and O–H groups in total. The van der Waals surface area contributed by atoms with Crippen LogP contribution in [0, 0.1) is 19.8 Å². The smallest absolute Gasteiger partial charge is 0.347 e. The van der Waals surface area contributed by atoms with Gasteiger partial charge in [-0.15, -0.1) is 0 Å².